The summed E-state index contributed by atoms with van der Waals surface area (Å²) in [4.78, 5) is 19.6. The second kappa shape index (κ2) is 7.23. The summed E-state index contributed by atoms with van der Waals surface area (Å²) in [7, 11) is 1.64. The molecule has 128 valence electrons. The lowest BCUT2D eigenvalue weighted by Crippen LogP contribution is -2.15. The molecule has 0 radical (unpaired) electrons. The molecule has 25 heavy (non-hydrogen) atoms. The van der Waals surface area contributed by atoms with Crippen LogP contribution in [0.15, 0.2) is 36.8 Å². The summed E-state index contributed by atoms with van der Waals surface area (Å²) < 4.78 is 5.18. The zero-order valence-corrected chi connectivity index (χ0v) is 14.1. The molecule has 0 fully saturated rings. The number of pyridine rings is 1. The number of amides is 1. The maximum atomic E-state index is 12.2. The summed E-state index contributed by atoms with van der Waals surface area (Å²) in [6, 6.07) is 7.35. The number of ether oxygens (including phenoxy) is 1. The maximum absolute atomic E-state index is 12.2. The van der Waals surface area contributed by atoms with Crippen LogP contribution in [0.4, 0.5) is 0 Å². The molecule has 0 saturated heterocycles. The number of carbonyl (C=O) groups is 1. The molecule has 0 bridgehead atoms. The van der Waals surface area contributed by atoms with E-state index >= 15 is 0 Å². The van der Waals surface area contributed by atoms with Crippen LogP contribution in [0.25, 0.3) is 22.6 Å². The first-order valence-electron chi connectivity index (χ1n) is 7.86. The second-order valence-electron chi connectivity index (χ2n) is 5.62. The average molecular weight is 337 g/mol. The molecule has 0 saturated carbocycles. The third kappa shape index (κ3) is 3.27. The molecule has 0 unspecified atom stereocenters. The van der Waals surface area contributed by atoms with Crippen LogP contribution in [-0.2, 0) is 11.2 Å². The summed E-state index contributed by atoms with van der Waals surface area (Å²) in [6.07, 6.45) is 3.84. The van der Waals surface area contributed by atoms with Crippen molar-refractivity contribution in [3.8, 4) is 22.6 Å². The highest BCUT2D eigenvalue weighted by Gasteiger charge is 2.23. The van der Waals surface area contributed by atoms with Crippen molar-refractivity contribution in [2.75, 3.05) is 13.7 Å². The fourth-order valence-corrected chi connectivity index (χ4v) is 2.90. The summed E-state index contributed by atoms with van der Waals surface area (Å²) in [5.74, 6) is 0.0556. The van der Waals surface area contributed by atoms with Gasteiger partial charge >= 0.3 is 0 Å². The van der Waals surface area contributed by atoms with Crippen LogP contribution in [0, 0.1) is 6.92 Å². The summed E-state index contributed by atoms with van der Waals surface area (Å²) in [5, 5.41) is 8.01. The van der Waals surface area contributed by atoms with Gasteiger partial charge in [0.15, 0.2) is 5.82 Å². The molecule has 3 aromatic rings. The van der Waals surface area contributed by atoms with Crippen molar-refractivity contribution in [3.05, 3.63) is 53.5 Å². The third-order valence-corrected chi connectivity index (χ3v) is 4.11. The van der Waals surface area contributed by atoms with E-state index in [2.05, 4.69) is 20.2 Å². The van der Waals surface area contributed by atoms with Crippen LogP contribution in [0.1, 0.15) is 21.5 Å². The van der Waals surface area contributed by atoms with Crippen LogP contribution >= 0.6 is 0 Å². The van der Waals surface area contributed by atoms with Crippen molar-refractivity contribution in [1.29, 1.82) is 0 Å². The smallest absolute Gasteiger partial charge is 0.249 e. The van der Waals surface area contributed by atoms with Crippen molar-refractivity contribution in [2.24, 2.45) is 5.73 Å². The fraction of sp³-hybridized carbons (Fsp3) is 0.222. The lowest BCUT2D eigenvalue weighted by Gasteiger charge is -2.18. The van der Waals surface area contributed by atoms with E-state index in [4.69, 9.17) is 10.5 Å². The molecule has 3 rings (SSSR count). The molecule has 0 spiro atoms. The van der Waals surface area contributed by atoms with Gasteiger partial charge in [0.2, 0.25) is 5.91 Å². The van der Waals surface area contributed by atoms with Gasteiger partial charge in [-0.25, -0.2) is 0 Å². The van der Waals surface area contributed by atoms with Crippen molar-refractivity contribution in [2.45, 2.75) is 13.3 Å². The highest BCUT2D eigenvalue weighted by atomic mass is 16.5. The molecule has 7 nitrogen and oxygen atoms in total. The van der Waals surface area contributed by atoms with Gasteiger partial charge in [-0.1, -0.05) is 6.07 Å². The number of nitrogens with one attached hydrogen (secondary N) is 1. The van der Waals surface area contributed by atoms with Gasteiger partial charge in [-0.3, -0.25) is 9.78 Å². The van der Waals surface area contributed by atoms with Gasteiger partial charge in [0.05, 0.1) is 12.3 Å². The summed E-state index contributed by atoms with van der Waals surface area (Å²) in [5.41, 5.74) is 10.1. The number of aromatic amines is 1. The molecule has 0 aliphatic carbocycles. The van der Waals surface area contributed by atoms with Gasteiger partial charge in [-0.15, -0.1) is 10.2 Å². The minimum Gasteiger partial charge on any atom is -0.384 e. The van der Waals surface area contributed by atoms with E-state index in [9.17, 15) is 4.79 Å². The maximum Gasteiger partial charge on any atom is 0.249 e. The van der Waals surface area contributed by atoms with Gasteiger partial charge in [0.25, 0.3) is 0 Å². The zero-order chi connectivity index (χ0) is 17.8. The number of nitrogens with zero attached hydrogens (tertiary/aromatic N) is 3. The van der Waals surface area contributed by atoms with E-state index in [0.717, 1.165) is 16.7 Å². The minimum atomic E-state index is -0.514. The Morgan fingerprint density at radius 2 is 2.16 bits per heavy atom. The van der Waals surface area contributed by atoms with E-state index in [1.165, 1.54) is 6.33 Å². The molecule has 2 aromatic heterocycles. The van der Waals surface area contributed by atoms with Gasteiger partial charge in [-0.2, -0.15) is 0 Å². The molecule has 0 aliphatic rings. The SMILES string of the molecule is COCCc1cc(C(N)=O)c(-c2ccccn2)c(-c2nnc[nH]2)c1C. The Morgan fingerprint density at radius 3 is 2.76 bits per heavy atom. The molecule has 7 heteroatoms. The molecule has 1 amide bonds. The largest absolute Gasteiger partial charge is 0.384 e. The van der Waals surface area contributed by atoms with Crippen molar-refractivity contribution >= 4 is 5.91 Å². The Morgan fingerprint density at radius 1 is 1.32 bits per heavy atom. The van der Waals surface area contributed by atoms with E-state index in [0.29, 0.717) is 35.7 Å². The van der Waals surface area contributed by atoms with E-state index < -0.39 is 5.91 Å². The van der Waals surface area contributed by atoms with Crippen LogP contribution in [0.2, 0.25) is 0 Å². The van der Waals surface area contributed by atoms with Crippen molar-refractivity contribution < 1.29 is 9.53 Å². The first-order valence-corrected chi connectivity index (χ1v) is 7.86. The highest BCUT2D eigenvalue weighted by Crippen LogP contribution is 2.37. The summed E-state index contributed by atoms with van der Waals surface area (Å²) in [6.45, 7) is 2.53. The van der Waals surface area contributed by atoms with E-state index in [1.807, 2.05) is 31.2 Å². The number of H-pyrrole nitrogens is 1. The Kier molecular flexibility index (Phi) is 4.85. The number of rotatable bonds is 6. The molecule has 3 N–H and O–H groups in total. The second-order valence-corrected chi connectivity index (χ2v) is 5.62. The monoisotopic (exact) mass is 337 g/mol. The number of primary amides is 1. The Bertz CT molecular complexity index is 876. The Hall–Kier alpha value is -3.06. The molecule has 0 atom stereocenters. The quantitative estimate of drug-likeness (QED) is 0.716. The van der Waals surface area contributed by atoms with Crippen molar-refractivity contribution in [1.82, 2.24) is 20.2 Å². The lowest BCUT2D eigenvalue weighted by atomic mass is 9.88. The minimum absolute atomic E-state index is 0.404. The number of benzene rings is 1. The summed E-state index contributed by atoms with van der Waals surface area (Å²) >= 11 is 0. The first kappa shape index (κ1) is 16.8. The molecular formula is C18H19N5O2. The Balaban J connectivity index is 2.34. The fourth-order valence-electron chi connectivity index (χ4n) is 2.90. The predicted molar refractivity (Wildman–Crippen MR) is 93.9 cm³/mol. The average Bonchev–Trinajstić information content (AvgIpc) is 3.15. The van der Waals surface area contributed by atoms with Crippen LogP contribution in [-0.4, -0.2) is 39.8 Å². The first-order chi connectivity index (χ1) is 12.1. The number of hydrogen-bond acceptors (Lipinski definition) is 5. The Labute approximate surface area is 145 Å². The topological polar surface area (TPSA) is 107 Å². The third-order valence-electron chi connectivity index (χ3n) is 4.11. The number of aromatic nitrogens is 4. The highest BCUT2D eigenvalue weighted by molar-refractivity contribution is 6.04. The van der Waals surface area contributed by atoms with Gasteiger partial charge in [-0.05, 0) is 42.7 Å². The molecule has 0 aliphatic heterocycles. The van der Waals surface area contributed by atoms with Crippen LogP contribution in [0.5, 0.6) is 0 Å². The molecule has 1 aromatic carbocycles. The van der Waals surface area contributed by atoms with Crippen LogP contribution < -0.4 is 5.73 Å². The van der Waals surface area contributed by atoms with Gasteiger partial charge in [0, 0.05) is 30.0 Å². The molecular weight excluding hydrogens is 318 g/mol. The van der Waals surface area contributed by atoms with Gasteiger partial charge < -0.3 is 15.5 Å². The molecule has 2 heterocycles. The van der Waals surface area contributed by atoms with E-state index in [-0.39, 0.29) is 0 Å². The zero-order valence-electron chi connectivity index (χ0n) is 14.1. The number of carbonyl (C=O) groups excluding carboxylic acids is 1. The lowest BCUT2D eigenvalue weighted by molar-refractivity contribution is 0.100. The number of methoxy groups -OCH3 is 1. The number of hydrogen-bond donors (Lipinski definition) is 2. The standard InChI is InChI=1S/C18H19N5O2/c1-11-12(6-8-25-2)9-13(17(19)24)16(14-5-3-4-7-20-14)15(11)18-21-10-22-23-18/h3-5,7,9-10H,6,8H2,1-2H3,(H2,19,24)(H,21,22,23). The number of nitrogens with two attached hydrogens (primary N) is 1. The normalized spacial score (nSPS) is 10.8. The van der Waals surface area contributed by atoms with Crippen LogP contribution in [0.3, 0.4) is 0 Å². The van der Waals surface area contributed by atoms with Gasteiger partial charge in [0.1, 0.15) is 6.33 Å². The van der Waals surface area contributed by atoms with E-state index in [1.54, 1.807) is 13.3 Å². The van der Waals surface area contributed by atoms with Crippen molar-refractivity contribution in [3.63, 3.8) is 0 Å². The predicted octanol–water partition coefficient (Wildman–Crippen LogP) is 2.13.